The Kier molecular flexibility index (Phi) is 6.43. The first kappa shape index (κ1) is 17.0. The van der Waals surface area contributed by atoms with Crippen LogP contribution in [0.4, 0.5) is 0 Å². The van der Waals surface area contributed by atoms with Crippen molar-refractivity contribution in [2.45, 2.75) is 57.5 Å². The molecule has 0 bridgehead atoms. The Hall–Kier alpha value is -1.36. The van der Waals surface area contributed by atoms with Crippen molar-refractivity contribution in [3.05, 3.63) is 12.7 Å². The Morgan fingerprint density at radius 1 is 1.41 bits per heavy atom. The standard InChI is InChI=1S/C17H28N2O3/c1-3-4-5-6-10-22-12-16(20)19-9-7-8-15(19)17(21)18-14-11-13(14)2/h3,13-15H,1,4-12H2,2H3,(H,18,21). The summed E-state index contributed by atoms with van der Waals surface area (Å²) >= 11 is 0. The van der Waals surface area contributed by atoms with Crippen molar-refractivity contribution in [1.29, 1.82) is 0 Å². The molecule has 1 saturated heterocycles. The molecule has 2 amide bonds. The lowest BCUT2D eigenvalue weighted by molar-refractivity contribution is -0.142. The third-order valence-corrected chi connectivity index (χ3v) is 4.49. The van der Waals surface area contributed by atoms with Gasteiger partial charge in [-0.15, -0.1) is 6.58 Å². The summed E-state index contributed by atoms with van der Waals surface area (Å²) < 4.78 is 5.44. The maximum Gasteiger partial charge on any atom is 0.249 e. The summed E-state index contributed by atoms with van der Waals surface area (Å²) in [6, 6.07) is 0.0100. The second-order valence-electron chi connectivity index (χ2n) is 6.41. The van der Waals surface area contributed by atoms with Gasteiger partial charge in [0.1, 0.15) is 12.6 Å². The molecule has 5 heteroatoms. The maximum absolute atomic E-state index is 12.2. The third kappa shape index (κ3) is 4.83. The zero-order valence-electron chi connectivity index (χ0n) is 13.6. The average molecular weight is 308 g/mol. The number of hydrogen-bond acceptors (Lipinski definition) is 3. The molecule has 3 atom stereocenters. The normalized spacial score (nSPS) is 26.8. The third-order valence-electron chi connectivity index (χ3n) is 4.49. The van der Waals surface area contributed by atoms with Crippen LogP contribution in [0.2, 0.25) is 0 Å². The van der Waals surface area contributed by atoms with Crippen LogP contribution in [0.5, 0.6) is 0 Å². The van der Waals surface area contributed by atoms with E-state index >= 15 is 0 Å². The van der Waals surface area contributed by atoms with Gasteiger partial charge in [-0.1, -0.05) is 13.0 Å². The van der Waals surface area contributed by atoms with Crippen molar-refractivity contribution >= 4 is 11.8 Å². The molecule has 0 aromatic rings. The fraction of sp³-hybridized carbons (Fsp3) is 0.765. The first-order valence-electron chi connectivity index (χ1n) is 8.42. The Morgan fingerprint density at radius 2 is 2.18 bits per heavy atom. The first-order valence-corrected chi connectivity index (χ1v) is 8.42. The van der Waals surface area contributed by atoms with Crippen LogP contribution in [-0.4, -0.2) is 48.6 Å². The zero-order chi connectivity index (χ0) is 15.9. The smallest absolute Gasteiger partial charge is 0.249 e. The minimum absolute atomic E-state index is 0.00572. The number of likely N-dealkylation sites (tertiary alicyclic amines) is 1. The van der Waals surface area contributed by atoms with E-state index in [1.54, 1.807) is 4.90 Å². The average Bonchev–Trinajstić information content (AvgIpc) is 3.01. The van der Waals surface area contributed by atoms with Crippen LogP contribution in [0.25, 0.3) is 0 Å². The number of ether oxygens (including phenoxy) is 1. The molecule has 124 valence electrons. The van der Waals surface area contributed by atoms with E-state index in [0.717, 1.165) is 38.5 Å². The maximum atomic E-state index is 12.2. The molecule has 3 unspecified atom stereocenters. The fourth-order valence-electron chi connectivity index (χ4n) is 2.88. The highest BCUT2D eigenvalue weighted by Crippen LogP contribution is 2.29. The molecule has 1 aliphatic carbocycles. The summed E-state index contributed by atoms with van der Waals surface area (Å²) in [5.74, 6) is 0.518. The van der Waals surface area contributed by atoms with Crippen molar-refractivity contribution in [3.8, 4) is 0 Å². The Balaban J connectivity index is 1.68. The first-order chi connectivity index (χ1) is 10.6. The topological polar surface area (TPSA) is 58.6 Å². The van der Waals surface area contributed by atoms with Gasteiger partial charge in [-0.2, -0.15) is 0 Å². The van der Waals surface area contributed by atoms with Crippen LogP contribution in [0, 0.1) is 5.92 Å². The van der Waals surface area contributed by atoms with Crippen LogP contribution in [0.15, 0.2) is 12.7 Å². The number of allylic oxidation sites excluding steroid dienone is 1. The minimum Gasteiger partial charge on any atom is -0.372 e. The largest absolute Gasteiger partial charge is 0.372 e. The summed E-state index contributed by atoms with van der Waals surface area (Å²) in [7, 11) is 0. The number of unbranched alkanes of at least 4 members (excludes halogenated alkanes) is 2. The Morgan fingerprint density at radius 3 is 2.86 bits per heavy atom. The Labute approximate surface area is 133 Å². The van der Waals surface area contributed by atoms with Crippen LogP contribution in [0.3, 0.4) is 0 Å². The highest BCUT2D eigenvalue weighted by atomic mass is 16.5. The molecular weight excluding hydrogens is 280 g/mol. The SMILES string of the molecule is C=CCCCCOCC(=O)N1CCCC1C(=O)NC1CC1C. The predicted octanol–water partition coefficient (Wildman–Crippen LogP) is 1.87. The van der Waals surface area contributed by atoms with Crippen molar-refractivity contribution in [1.82, 2.24) is 10.2 Å². The van der Waals surface area contributed by atoms with E-state index in [9.17, 15) is 9.59 Å². The van der Waals surface area contributed by atoms with E-state index in [2.05, 4.69) is 18.8 Å². The quantitative estimate of drug-likeness (QED) is 0.522. The van der Waals surface area contributed by atoms with Gasteiger partial charge in [0, 0.05) is 19.2 Å². The molecule has 22 heavy (non-hydrogen) atoms. The molecular formula is C17H28N2O3. The van der Waals surface area contributed by atoms with Gasteiger partial charge in [0.05, 0.1) is 0 Å². The summed E-state index contributed by atoms with van der Waals surface area (Å²) in [6.07, 6.45) is 7.54. The summed E-state index contributed by atoms with van der Waals surface area (Å²) in [5.41, 5.74) is 0. The highest BCUT2D eigenvalue weighted by Gasteiger charge is 2.39. The van der Waals surface area contributed by atoms with Crippen molar-refractivity contribution < 1.29 is 14.3 Å². The van der Waals surface area contributed by atoms with Gasteiger partial charge in [0.15, 0.2) is 0 Å². The zero-order valence-corrected chi connectivity index (χ0v) is 13.6. The van der Waals surface area contributed by atoms with Crippen LogP contribution in [-0.2, 0) is 14.3 Å². The van der Waals surface area contributed by atoms with E-state index in [4.69, 9.17) is 4.74 Å². The lowest BCUT2D eigenvalue weighted by atomic mass is 10.2. The second kappa shape index (κ2) is 8.32. The summed E-state index contributed by atoms with van der Waals surface area (Å²) in [4.78, 5) is 26.2. The van der Waals surface area contributed by atoms with E-state index in [-0.39, 0.29) is 24.5 Å². The number of amides is 2. The predicted molar refractivity (Wildman–Crippen MR) is 85.3 cm³/mol. The number of nitrogens with one attached hydrogen (secondary N) is 1. The fourth-order valence-corrected chi connectivity index (χ4v) is 2.88. The molecule has 2 aliphatic rings. The number of rotatable bonds is 9. The van der Waals surface area contributed by atoms with Gasteiger partial charge in [0.2, 0.25) is 11.8 Å². The molecule has 0 aromatic heterocycles. The Bertz CT molecular complexity index is 411. The monoisotopic (exact) mass is 308 g/mol. The van der Waals surface area contributed by atoms with Crippen molar-refractivity contribution in [2.75, 3.05) is 19.8 Å². The van der Waals surface area contributed by atoms with E-state index in [1.165, 1.54) is 0 Å². The molecule has 5 nitrogen and oxygen atoms in total. The minimum atomic E-state index is -0.301. The van der Waals surface area contributed by atoms with Crippen molar-refractivity contribution in [3.63, 3.8) is 0 Å². The van der Waals surface area contributed by atoms with Crippen molar-refractivity contribution in [2.24, 2.45) is 5.92 Å². The molecule has 0 radical (unpaired) electrons. The highest BCUT2D eigenvalue weighted by molar-refractivity contribution is 5.89. The molecule has 1 aliphatic heterocycles. The molecule has 0 spiro atoms. The molecule has 2 rings (SSSR count). The van der Waals surface area contributed by atoms with Gasteiger partial charge < -0.3 is 15.0 Å². The van der Waals surface area contributed by atoms with Gasteiger partial charge in [-0.3, -0.25) is 9.59 Å². The van der Waals surface area contributed by atoms with Gasteiger partial charge in [0.25, 0.3) is 0 Å². The summed E-state index contributed by atoms with van der Waals surface area (Å²) in [6.45, 7) is 7.13. The molecule has 2 fully saturated rings. The van der Waals surface area contributed by atoms with E-state index in [0.29, 0.717) is 25.1 Å². The molecule has 1 saturated carbocycles. The molecule has 1 N–H and O–H groups in total. The number of nitrogens with zero attached hydrogens (tertiary/aromatic N) is 1. The van der Waals surface area contributed by atoms with Crippen LogP contribution < -0.4 is 5.32 Å². The lowest BCUT2D eigenvalue weighted by Crippen LogP contribution is -2.47. The van der Waals surface area contributed by atoms with Crippen LogP contribution >= 0.6 is 0 Å². The summed E-state index contributed by atoms with van der Waals surface area (Å²) in [5, 5.41) is 3.04. The van der Waals surface area contributed by atoms with E-state index < -0.39 is 0 Å². The lowest BCUT2D eigenvalue weighted by Gasteiger charge is -2.24. The molecule has 0 aromatic carbocycles. The van der Waals surface area contributed by atoms with Gasteiger partial charge in [-0.25, -0.2) is 0 Å². The van der Waals surface area contributed by atoms with Crippen LogP contribution in [0.1, 0.15) is 45.4 Å². The number of carbonyl (C=O) groups is 2. The van der Waals surface area contributed by atoms with Gasteiger partial charge in [-0.05, 0) is 44.4 Å². The number of carbonyl (C=O) groups excluding carboxylic acids is 2. The second-order valence-corrected chi connectivity index (χ2v) is 6.41. The number of hydrogen-bond donors (Lipinski definition) is 1. The van der Waals surface area contributed by atoms with Gasteiger partial charge >= 0.3 is 0 Å². The van der Waals surface area contributed by atoms with E-state index in [1.807, 2.05) is 6.08 Å². The molecule has 1 heterocycles.